The van der Waals surface area contributed by atoms with E-state index < -0.39 is 6.10 Å². The van der Waals surface area contributed by atoms with Crippen molar-refractivity contribution in [2.45, 2.75) is 6.10 Å². The minimum atomic E-state index is -0.976. The first kappa shape index (κ1) is 8.39. The van der Waals surface area contributed by atoms with Gasteiger partial charge in [-0.2, -0.15) is 0 Å². The Hall–Kier alpha value is -0.710. The minimum absolute atomic E-state index is 0.0648. The maximum Gasteiger partial charge on any atom is 0.222 e. The molecule has 4 nitrogen and oxygen atoms in total. The zero-order valence-electron chi connectivity index (χ0n) is 5.61. The number of nitrogens with zero attached hydrogens (tertiary/aromatic N) is 2. The van der Waals surface area contributed by atoms with Gasteiger partial charge in [-0.3, -0.25) is 0 Å². The monoisotopic (exact) mass is 174 g/mol. The third-order valence-electron chi connectivity index (χ3n) is 1.16. The van der Waals surface area contributed by atoms with Crippen LogP contribution in [0.5, 0.6) is 0 Å². The molecule has 0 spiro atoms. The topological polar surface area (TPSA) is 66.2 Å². The molecular weight excluding hydrogens is 168 g/mol. The van der Waals surface area contributed by atoms with Crippen molar-refractivity contribution < 1.29 is 10.2 Å². The molecule has 0 aliphatic carbocycles. The molecule has 1 aromatic heterocycles. The molecule has 11 heavy (non-hydrogen) atoms. The zero-order chi connectivity index (χ0) is 8.27. The molecule has 60 valence electrons. The van der Waals surface area contributed by atoms with Gasteiger partial charge in [0.2, 0.25) is 5.28 Å². The van der Waals surface area contributed by atoms with Gasteiger partial charge >= 0.3 is 0 Å². The van der Waals surface area contributed by atoms with Crippen molar-refractivity contribution in [1.82, 2.24) is 9.97 Å². The van der Waals surface area contributed by atoms with Gasteiger partial charge in [-0.1, -0.05) is 0 Å². The lowest BCUT2D eigenvalue weighted by Crippen LogP contribution is -2.05. The fourth-order valence-electron chi connectivity index (χ4n) is 0.627. The van der Waals surface area contributed by atoms with Gasteiger partial charge in [0.05, 0.1) is 12.3 Å². The van der Waals surface area contributed by atoms with Gasteiger partial charge in [-0.25, -0.2) is 9.97 Å². The highest BCUT2D eigenvalue weighted by molar-refractivity contribution is 6.28. The number of aliphatic hydroxyl groups excluding tert-OH is 2. The van der Waals surface area contributed by atoms with E-state index in [1.165, 1.54) is 12.3 Å². The quantitative estimate of drug-likeness (QED) is 0.627. The van der Waals surface area contributed by atoms with Crippen LogP contribution in [0, 0.1) is 0 Å². The van der Waals surface area contributed by atoms with E-state index in [-0.39, 0.29) is 11.9 Å². The molecule has 0 saturated heterocycles. The number of aromatic nitrogens is 2. The fraction of sp³-hybridized carbons (Fsp3) is 0.333. The second-order valence-corrected chi connectivity index (χ2v) is 2.29. The normalized spacial score (nSPS) is 13.0. The SMILES string of the molecule is OCC(O)c1ccnc(Cl)n1. The molecular formula is C6H7ClN2O2. The van der Waals surface area contributed by atoms with E-state index in [2.05, 4.69) is 9.97 Å². The molecule has 1 heterocycles. The second kappa shape index (κ2) is 3.61. The molecule has 0 radical (unpaired) electrons. The minimum Gasteiger partial charge on any atom is -0.393 e. The van der Waals surface area contributed by atoms with Crippen LogP contribution in [0.2, 0.25) is 5.28 Å². The van der Waals surface area contributed by atoms with E-state index in [1.54, 1.807) is 0 Å². The highest BCUT2D eigenvalue weighted by Gasteiger charge is 2.06. The number of hydrogen-bond donors (Lipinski definition) is 2. The molecule has 5 heteroatoms. The van der Waals surface area contributed by atoms with Crippen LogP contribution in [0.25, 0.3) is 0 Å². The highest BCUT2D eigenvalue weighted by atomic mass is 35.5. The van der Waals surface area contributed by atoms with Crippen LogP contribution in [0.4, 0.5) is 0 Å². The van der Waals surface area contributed by atoms with E-state index in [4.69, 9.17) is 21.8 Å². The van der Waals surface area contributed by atoms with E-state index in [9.17, 15) is 0 Å². The van der Waals surface area contributed by atoms with Crippen molar-refractivity contribution in [3.63, 3.8) is 0 Å². The Morgan fingerprint density at radius 1 is 1.64 bits per heavy atom. The Balaban J connectivity index is 2.86. The predicted octanol–water partition coefficient (Wildman–Crippen LogP) is 0.156. The van der Waals surface area contributed by atoms with Crippen molar-refractivity contribution in [3.8, 4) is 0 Å². The first-order chi connectivity index (χ1) is 5.24. The summed E-state index contributed by atoms with van der Waals surface area (Å²) in [5, 5.41) is 17.6. The molecule has 1 aromatic rings. The molecule has 0 bridgehead atoms. The Morgan fingerprint density at radius 3 is 2.91 bits per heavy atom. The summed E-state index contributed by atoms with van der Waals surface area (Å²) in [4.78, 5) is 7.31. The van der Waals surface area contributed by atoms with E-state index >= 15 is 0 Å². The van der Waals surface area contributed by atoms with Gasteiger partial charge < -0.3 is 10.2 Å². The first-order valence-corrected chi connectivity index (χ1v) is 3.39. The van der Waals surface area contributed by atoms with Crippen LogP contribution in [0.3, 0.4) is 0 Å². The van der Waals surface area contributed by atoms with E-state index in [0.29, 0.717) is 5.69 Å². The molecule has 1 atom stereocenters. The summed E-state index contributed by atoms with van der Waals surface area (Å²) in [7, 11) is 0. The van der Waals surface area contributed by atoms with Gasteiger partial charge in [0.25, 0.3) is 0 Å². The largest absolute Gasteiger partial charge is 0.393 e. The lowest BCUT2D eigenvalue weighted by Gasteiger charge is -2.04. The highest BCUT2D eigenvalue weighted by Crippen LogP contribution is 2.09. The average Bonchev–Trinajstić information content (AvgIpc) is 2.03. The van der Waals surface area contributed by atoms with Gasteiger partial charge in [-0.05, 0) is 17.7 Å². The van der Waals surface area contributed by atoms with Crippen LogP contribution in [-0.4, -0.2) is 26.8 Å². The Bertz CT molecular complexity index is 244. The lowest BCUT2D eigenvalue weighted by atomic mass is 10.3. The zero-order valence-corrected chi connectivity index (χ0v) is 6.36. The summed E-state index contributed by atoms with van der Waals surface area (Å²) < 4.78 is 0. The summed E-state index contributed by atoms with van der Waals surface area (Å²) in [6, 6.07) is 1.49. The Morgan fingerprint density at radius 2 is 2.36 bits per heavy atom. The van der Waals surface area contributed by atoms with Gasteiger partial charge in [0, 0.05) is 6.20 Å². The van der Waals surface area contributed by atoms with Crippen molar-refractivity contribution >= 4 is 11.6 Å². The molecule has 1 unspecified atom stereocenters. The molecule has 0 aliphatic heterocycles. The standard InChI is InChI=1S/C6H7ClN2O2/c7-6-8-2-1-4(9-6)5(11)3-10/h1-2,5,10-11H,3H2. The third kappa shape index (κ3) is 2.11. The van der Waals surface area contributed by atoms with Crippen LogP contribution >= 0.6 is 11.6 Å². The number of rotatable bonds is 2. The molecule has 1 rings (SSSR count). The van der Waals surface area contributed by atoms with Crippen LogP contribution in [0.1, 0.15) is 11.8 Å². The molecule has 0 saturated carbocycles. The van der Waals surface area contributed by atoms with Gasteiger partial charge in [0.1, 0.15) is 6.10 Å². The van der Waals surface area contributed by atoms with Gasteiger partial charge in [0.15, 0.2) is 0 Å². The molecule has 0 aliphatic rings. The predicted molar refractivity (Wildman–Crippen MR) is 39.1 cm³/mol. The van der Waals surface area contributed by atoms with Crippen molar-refractivity contribution in [1.29, 1.82) is 0 Å². The third-order valence-corrected chi connectivity index (χ3v) is 1.34. The summed E-state index contributed by atoms with van der Waals surface area (Å²) in [5.41, 5.74) is 0.326. The maximum atomic E-state index is 9.05. The first-order valence-electron chi connectivity index (χ1n) is 3.01. The Labute approximate surface area is 68.5 Å². The van der Waals surface area contributed by atoms with Crippen molar-refractivity contribution in [2.75, 3.05) is 6.61 Å². The number of aliphatic hydroxyl groups is 2. The van der Waals surface area contributed by atoms with Gasteiger partial charge in [-0.15, -0.1) is 0 Å². The van der Waals surface area contributed by atoms with E-state index in [0.717, 1.165) is 0 Å². The van der Waals surface area contributed by atoms with Crippen LogP contribution < -0.4 is 0 Å². The average molecular weight is 175 g/mol. The molecule has 0 fully saturated rings. The fourth-order valence-corrected chi connectivity index (χ4v) is 0.781. The lowest BCUT2D eigenvalue weighted by molar-refractivity contribution is 0.0921. The summed E-state index contributed by atoms with van der Waals surface area (Å²) in [5.74, 6) is 0. The second-order valence-electron chi connectivity index (χ2n) is 1.95. The molecule has 0 amide bonds. The summed E-state index contributed by atoms with van der Waals surface area (Å²) in [6.07, 6.45) is 0.444. The van der Waals surface area contributed by atoms with Crippen molar-refractivity contribution in [3.05, 3.63) is 23.2 Å². The van der Waals surface area contributed by atoms with Crippen LogP contribution in [-0.2, 0) is 0 Å². The smallest absolute Gasteiger partial charge is 0.222 e. The Kier molecular flexibility index (Phi) is 2.76. The van der Waals surface area contributed by atoms with E-state index in [1.807, 2.05) is 0 Å². The van der Waals surface area contributed by atoms with Crippen LogP contribution in [0.15, 0.2) is 12.3 Å². The number of halogens is 1. The maximum absolute atomic E-state index is 9.05. The number of hydrogen-bond acceptors (Lipinski definition) is 4. The van der Waals surface area contributed by atoms with Crippen molar-refractivity contribution in [2.24, 2.45) is 0 Å². The molecule has 2 N–H and O–H groups in total. The summed E-state index contributed by atoms with van der Waals surface area (Å²) >= 11 is 5.43. The summed E-state index contributed by atoms with van der Waals surface area (Å²) in [6.45, 7) is -0.368. The molecule has 0 aromatic carbocycles.